The number of aliphatic carboxylic acids is 1. The van der Waals surface area contributed by atoms with Gasteiger partial charge in [0, 0.05) is 22.8 Å². The average molecular weight is 259 g/mol. The van der Waals surface area contributed by atoms with Gasteiger partial charge in [0.2, 0.25) is 0 Å². The number of hydrogen-bond acceptors (Lipinski definition) is 3. The van der Waals surface area contributed by atoms with Crippen molar-refractivity contribution >= 4 is 21.9 Å². The van der Waals surface area contributed by atoms with Crippen LogP contribution >= 0.6 is 15.9 Å². The Morgan fingerprint density at radius 3 is 2.93 bits per heavy atom. The molecule has 0 radical (unpaired) electrons. The Morgan fingerprint density at radius 1 is 1.79 bits per heavy atom. The van der Waals surface area contributed by atoms with Crippen molar-refractivity contribution in [1.82, 2.24) is 4.98 Å². The summed E-state index contributed by atoms with van der Waals surface area (Å²) in [5.41, 5.74) is 7.07. The largest absolute Gasteiger partial charge is 0.480 e. The number of hydrogen-bond donors (Lipinski definition) is 2. The topological polar surface area (TPSA) is 76.2 Å². The number of halogens is 1. The highest BCUT2D eigenvalue weighted by molar-refractivity contribution is 9.10. The summed E-state index contributed by atoms with van der Waals surface area (Å²) in [6.07, 6.45) is 1.89. The molecule has 3 N–H and O–H groups in total. The molecule has 0 unspecified atom stereocenters. The van der Waals surface area contributed by atoms with Gasteiger partial charge in [-0.25, -0.2) is 0 Å². The Morgan fingerprint density at radius 2 is 2.43 bits per heavy atom. The lowest BCUT2D eigenvalue weighted by molar-refractivity contribution is -0.138. The zero-order valence-corrected chi connectivity index (χ0v) is 9.28. The Bertz CT molecular complexity index is 355. The molecule has 1 rings (SSSR count). The fourth-order valence-corrected chi connectivity index (χ4v) is 1.52. The number of nitrogens with two attached hydrogens (primary N) is 1. The van der Waals surface area contributed by atoms with Crippen molar-refractivity contribution in [3.63, 3.8) is 0 Å². The molecule has 0 spiro atoms. The first-order valence-electron chi connectivity index (χ1n) is 4.10. The summed E-state index contributed by atoms with van der Waals surface area (Å²) in [5.74, 6) is -1.01. The molecule has 0 amide bonds. The second-order valence-electron chi connectivity index (χ2n) is 3.07. The Balaban J connectivity index is 2.82. The van der Waals surface area contributed by atoms with Crippen LogP contribution in [0.25, 0.3) is 0 Å². The van der Waals surface area contributed by atoms with E-state index in [1.165, 1.54) is 0 Å². The maximum atomic E-state index is 10.5. The van der Waals surface area contributed by atoms with Crippen LogP contribution in [0.5, 0.6) is 0 Å². The smallest absolute Gasteiger partial charge is 0.320 e. The second-order valence-corrected chi connectivity index (χ2v) is 3.98. The van der Waals surface area contributed by atoms with Crippen LogP contribution in [0.2, 0.25) is 0 Å². The van der Waals surface area contributed by atoms with Crippen LogP contribution < -0.4 is 5.73 Å². The van der Waals surface area contributed by atoms with Gasteiger partial charge in [-0.1, -0.05) is 0 Å². The second kappa shape index (κ2) is 4.52. The van der Waals surface area contributed by atoms with E-state index < -0.39 is 12.0 Å². The van der Waals surface area contributed by atoms with E-state index in [4.69, 9.17) is 10.8 Å². The number of aryl methyl sites for hydroxylation is 1. The highest BCUT2D eigenvalue weighted by atomic mass is 79.9. The predicted molar refractivity (Wildman–Crippen MR) is 56.0 cm³/mol. The highest BCUT2D eigenvalue weighted by Crippen LogP contribution is 2.13. The number of carbonyl (C=O) groups is 1. The van der Waals surface area contributed by atoms with E-state index in [9.17, 15) is 4.79 Å². The molecule has 4 nitrogen and oxygen atoms in total. The number of rotatable bonds is 3. The first kappa shape index (κ1) is 11.1. The number of aromatic nitrogens is 1. The first-order valence-corrected chi connectivity index (χ1v) is 4.89. The summed E-state index contributed by atoms with van der Waals surface area (Å²) in [4.78, 5) is 14.6. The molecule has 0 bridgehead atoms. The van der Waals surface area contributed by atoms with Crippen molar-refractivity contribution in [2.45, 2.75) is 19.4 Å². The van der Waals surface area contributed by atoms with E-state index in [0.717, 1.165) is 15.7 Å². The van der Waals surface area contributed by atoms with Crippen molar-refractivity contribution in [1.29, 1.82) is 0 Å². The molecule has 0 saturated carbocycles. The van der Waals surface area contributed by atoms with Crippen LogP contribution in [-0.4, -0.2) is 22.1 Å². The fourth-order valence-electron chi connectivity index (χ4n) is 1.08. The summed E-state index contributed by atoms with van der Waals surface area (Å²) in [6, 6.07) is 0.999. The van der Waals surface area contributed by atoms with Crippen LogP contribution in [0.3, 0.4) is 0 Å². The summed E-state index contributed by atoms with van der Waals surface area (Å²) >= 11 is 3.28. The van der Waals surface area contributed by atoms with E-state index in [-0.39, 0.29) is 6.42 Å². The molecule has 0 aromatic carbocycles. The molecule has 1 atom stereocenters. The fraction of sp³-hybridized carbons (Fsp3) is 0.333. The van der Waals surface area contributed by atoms with E-state index in [1.54, 1.807) is 6.20 Å². The van der Waals surface area contributed by atoms with Gasteiger partial charge in [-0.2, -0.15) is 0 Å². The molecular formula is C9H11BrN2O2. The van der Waals surface area contributed by atoms with Gasteiger partial charge in [-0.3, -0.25) is 9.78 Å². The Kier molecular flexibility index (Phi) is 3.60. The lowest BCUT2D eigenvalue weighted by Gasteiger charge is -2.08. The van der Waals surface area contributed by atoms with Crippen LogP contribution in [0, 0.1) is 6.92 Å². The van der Waals surface area contributed by atoms with Crippen molar-refractivity contribution in [2.75, 3.05) is 0 Å². The van der Waals surface area contributed by atoms with Crippen LogP contribution in [-0.2, 0) is 11.2 Å². The maximum Gasteiger partial charge on any atom is 0.320 e. The first-order chi connectivity index (χ1) is 6.50. The number of carboxylic acid groups (broad SMARTS) is 1. The Labute approximate surface area is 90.3 Å². The van der Waals surface area contributed by atoms with E-state index in [1.807, 2.05) is 13.0 Å². The standard InChI is InChI=1S/C9H11BrN2O2/c1-5-2-6(10)4-12-8(5)3-7(11)9(13)14/h2,4,7H,3,11H2,1H3,(H,13,14)/t7-/m0/s1. The van der Waals surface area contributed by atoms with Crippen molar-refractivity contribution in [3.8, 4) is 0 Å². The SMILES string of the molecule is Cc1cc(Br)cnc1C[C@H](N)C(=O)O. The molecule has 0 fully saturated rings. The lowest BCUT2D eigenvalue weighted by Crippen LogP contribution is -2.32. The van der Waals surface area contributed by atoms with Crippen molar-refractivity contribution in [2.24, 2.45) is 5.73 Å². The van der Waals surface area contributed by atoms with E-state index in [2.05, 4.69) is 20.9 Å². The zero-order valence-electron chi connectivity index (χ0n) is 7.70. The third kappa shape index (κ3) is 2.78. The van der Waals surface area contributed by atoms with Crippen LogP contribution in [0.4, 0.5) is 0 Å². The maximum absolute atomic E-state index is 10.5. The van der Waals surface area contributed by atoms with Gasteiger partial charge in [0.25, 0.3) is 0 Å². The van der Waals surface area contributed by atoms with Gasteiger partial charge in [0.15, 0.2) is 0 Å². The molecule has 5 heteroatoms. The third-order valence-electron chi connectivity index (χ3n) is 1.88. The molecule has 1 heterocycles. The molecule has 14 heavy (non-hydrogen) atoms. The van der Waals surface area contributed by atoms with Crippen molar-refractivity contribution in [3.05, 3.63) is 28.0 Å². The van der Waals surface area contributed by atoms with E-state index >= 15 is 0 Å². The summed E-state index contributed by atoms with van der Waals surface area (Å²) in [5, 5.41) is 8.63. The molecule has 0 aliphatic rings. The van der Waals surface area contributed by atoms with Gasteiger partial charge >= 0.3 is 5.97 Å². The Hall–Kier alpha value is -0.940. The normalized spacial score (nSPS) is 12.5. The van der Waals surface area contributed by atoms with Gasteiger partial charge in [-0.15, -0.1) is 0 Å². The molecule has 0 aliphatic carbocycles. The molecule has 0 aliphatic heterocycles. The lowest BCUT2D eigenvalue weighted by atomic mass is 10.1. The molecule has 76 valence electrons. The summed E-state index contributed by atoms with van der Waals surface area (Å²) in [6.45, 7) is 1.88. The minimum absolute atomic E-state index is 0.258. The molecular weight excluding hydrogens is 248 g/mol. The highest BCUT2D eigenvalue weighted by Gasteiger charge is 2.14. The zero-order chi connectivity index (χ0) is 10.7. The van der Waals surface area contributed by atoms with Crippen LogP contribution in [0.1, 0.15) is 11.3 Å². The minimum atomic E-state index is -1.01. The van der Waals surface area contributed by atoms with Crippen molar-refractivity contribution < 1.29 is 9.90 Å². The number of nitrogens with zero attached hydrogens (tertiary/aromatic N) is 1. The summed E-state index contributed by atoms with van der Waals surface area (Å²) in [7, 11) is 0. The number of pyridine rings is 1. The summed E-state index contributed by atoms with van der Waals surface area (Å²) < 4.78 is 0.877. The molecule has 1 aromatic heterocycles. The van der Waals surface area contributed by atoms with Gasteiger partial charge in [0.05, 0.1) is 0 Å². The predicted octanol–water partition coefficient (Wildman–Crippen LogP) is 1.11. The molecule has 0 saturated heterocycles. The van der Waals surface area contributed by atoms with E-state index in [0.29, 0.717) is 0 Å². The number of carboxylic acids is 1. The third-order valence-corrected chi connectivity index (χ3v) is 2.32. The van der Waals surface area contributed by atoms with Gasteiger partial charge in [0.1, 0.15) is 6.04 Å². The minimum Gasteiger partial charge on any atom is -0.480 e. The quantitative estimate of drug-likeness (QED) is 0.852. The van der Waals surface area contributed by atoms with Gasteiger partial charge < -0.3 is 10.8 Å². The van der Waals surface area contributed by atoms with Crippen LogP contribution in [0.15, 0.2) is 16.7 Å². The monoisotopic (exact) mass is 258 g/mol. The molecule has 1 aromatic rings. The van der Waals surface area contributed by atoms with Gasteiger partial charge in [-0.05, 0) is 34.5 Å². The average Bonchev–Trinajstić information content (AvgIpc) is 2.09.